The molecule has 3 nitrogen and oxygen atoms in total. The summed E-state index contributed by atoms with van der Waals surface area (Å²) in [6.45, 7) is 0.911. The number of halogens is 8. The Morgan fingerprint density at radius 2 is 1.36 bits per heavy atom. The van der Waals surface area contributed by atoms with Crippen LogP contribution in [0.1, 0.15) is 26.7 Å². The second-order valence-electron chi connectivity index (χ2n) is 5.00. The molecule has 1 fully saturated rings. The van der Waals surface area contributed by atoms with Crippen molar-refractivity contribution < 1.29 is 49.8 Å². The Morgan fingerprint density at radius 1 is 0.955 bits per heavy atom. The first-order valence-corrected chi connectivity index (χ1v) is 6.67. The molecular formula is C10H12F8O3S. The molecule has 0 unspecified atom stereocenters. The van der Waals surface area contributed by atoms with E-state index in [4.69, 9.17) is 5.26 Å². The van der Waals surface area contributed by atoms with E-state index in [-0.39, 0.29) is 6.92 Å². The van der Waals surface area contributed by atoms with Crippen molar-refractivity contribution in [2.45, 2.75) is 55.1 Å². The van der Waals surface area contributed by atoms with Crippen LogP contribution in [0.15, 0.2) is 0 Å². The van der Waals surface area contributed by atoms with Crippen molar-refractivity contribution in [2.24, 2.45) is 5.92 Å². The molecule has 132 valence electrons. The lowest BCUT2D eigenvalue weighted by Crippen LogP contribution is -2.78. The fourth-order valence-electron chi connectivity index (χ4n) is 2.34. The molecule has 0 heterocycles. The van der Waals surface area contributed by atoms with Crippen molar-refractivity contribution >= 4 is 12.0 Å². The van der Waals surface area contributed by atoms with E-state index in [1.54, 1.807) is 0 Å². The molecule has 0 saturated heterocycles. The monoisotopic (exact) mass is 364 g/mol. The van der Waals surface area contributed by atoms with Crippen LogP contribution in [0.3, 0.4) is 0 Å². The lowest BCUT2D eigenvalue weighted by atomic mass is 9.69. The maximum atomic E-state index is 14.0. The minimum absolute atomic E-state index is 0.208. The Morgan fingerprint density at radius 3 is 1.68 bits per heavy atom. The third kappa shape index (κ3) is 2.21. The maximum absolute atomic E-state index is 14.0. The van der Waals surface area contributed by atoms with E-state index in [2.05, 4.69) is 9.37 Å². The molecule has 0 radical (unpaired) electrons. The van der Waals surface area contributed by atoms with Gasteiger partial charge in [-0.15, -0.1) is 4.33 Å². The van der Waals surface area contributed by atoms with Crippen molar-refractivity contribution in [2.75, 3.05) is 0 Å². The van der Waals surface area contributed by atoms with Crippen LogP contribution in [0, 0.1) is 5.92 Å². The van der Waals surface area contributed by atoms with Crippen molar-refractivity contribution in [3.05, 3.63) is 0 Å². The molecule has 0 spiro atoms. The van der Waals surface area contributed by atoms with Crippen LogP contribution in [0.25, 0.3) is 0 Å². The van der Waals surface area contributed by atoms with Gasteiger partial charge in [-0.3, -0.25) is 0 Å². The summed E-state index contributed by atoms with van der Waals surface area (Å²) >= 11 is -1.19. The normalized spacial score (nSPS) is 35.3. The highest BCUT2D eigenvalue weighted by molar-refractivity contribution is 7.96. The van der Waals surface area contributed by atoms with Gasteiger partial charge in [0.1, 0.15) is 0 Å². The predicted octanol–water partition coefficient (Wildman–Crippen LogP) is 4.79. The quantitative estimate of drug-likeness (QED) is 0.330. The molecule has 0 aromatic rings. The molecule has 1 aliphatic rings. The smallest absolute Gasteiger partial charge is 0.220 e. The average Bonchev–Trinajstić information content (AvgIpc) is 2.39. The minimum Gasteiger partial charge on any atom is -0.220 e. The number of alkyl halides is 8. The predicted molar refractivity (Wildman–Crippen MR) is 59.0 cm³/mol. The average molecular weight is 364 g/mol. The first-order valence-electron chi connectivity index (χ1n) is 5.92. The van der Waals surface area contributed by atoms with Gasteiger partial charge < -0.3 is 0 Å². The summed E-state index contributed by atoms with van der Waals surface area (Å²) in [7, 11) is 0. The first-order chi connectivity index (χ1) is 9.75. The van der Waals surface area contributed by atoms with E-state index in [0.717, 1.165) is 6.92 Å². The van der Waals surface area contributed by atoms with E-state index in [1.165, 1.54) is 0 Å². The summed E-state index contributed by atoms with van der Waals surface area (Å²) in [6, 6.07) is 0. The Kier molecular flexibility index (Phi) is 5.05. The highest BCUT2D eigenvalue weighted by atomic mass is 32.2. The molecule has 0 bridgehead atoms. The van der Waals surface area contributed by atoms with E-state index in [9.17, 15) is 35.1 Å². The Bertz CT molecular complexity index is 389. The largest absolute Gasteiger partial charge is 0.333 e. The third-order valence-electron chi connectivity index (χ3n) is 3.72. The molecular weight excluding hydrogens is 352 g/mol. The standard InChI is InChI=1S/C10H12F8O3S/c1-3-4-5-7(11,12)9(15,16)6(2,22-21-20-19)10(17,18)8(5,13)14/h5,19H,3-4H2,1-2H3. The zero-order chi connectivity index (χ0) is 17.6. The van der Waals surface area contributed by atoms with Gasteiger partial charge in [-0.1, -0.05) is 18.4 Å². The van der Waals surface area contributed by atoms with Crippen LogP contribution >= 0.6 is 12.0 Å². The lowest BCUT2D eigenvalue weighted by Gasteiger charge is -2.54. The highest BCUT2D eigenvalue weighted by Gasteiger charge is 2.91. The maximum Gasteiger partial charge on any atom is 0.333 e. The Balaban J connectivity index is 3.55. The van der Waals surface area contributed by atoms with Gasteiger partial charge >= 0.3 is 23.7 Å². The Hall–Kier alpha value is -0.330. The van der Waals surface area contributed by atoms with Gasteiger partial charge in [0.15, 0.2) is 4.75 Å². The first kappa shape index (κ1) is 19.7. The van der Waals surface area contributed by atoms with Gasteiger partial charge in [-0.25, -0.2) is 5.26 Å². The van der Waals surface area contributed by atoms with Gasteiger partial charge in [0.2, 0.25) is 0 Å². The van der Waals surface area contributed by atoms with Crippen LogP contribution in [0.4, 0.5) is 35.1 Å². The van der Waals surface area contributed by atoms with Gasteiger partial charge in [-0.05, 0) is 13.3 Å². The molecule has 1 rings (SSSR count). The SMILES string of the molecule is CCCC1C(F)(F)C(F)(F)C(C)(SOOO)C(F)(F)C1(F)F. The van der Waals surface area contributed by atoms with Crippen LogP contribution < -0.4 is 0 Å². The summed E-state index contributed by atoms with van der Waals surface area (Å²) in [5.41, 5.74) is 0. The molecule has 1 saturated carbocycles. The summed E-state index contributed by atoms with van der Waals surface area (Å²) < 4.78 is 110. The van der Waals surface area contributed by atoms with E-state index in [1.807, 2.05) is 0 Å². The van der Waals surface area contributed by atoms with Crippen LogP contribution in [0.5, 0.6) is 0 Å². The van der Waals surface area contributed by atoms with Crippen molar-refractivity contribution in [3.63, 3.8) is 0 Å². The number of rotatable bonds is 5. The zero-order valence-corrected chi connectivity index (χ0v) is 12.0. The molecule has 1 N–H and O–H groups in total. The van der Waals surface area contributed by atoms with Crippen LogP contribution in [-0.4, -0.2) is 33.7 Å². The lowest BCUT2D eigenvalue weighted by molar-refractivity contribution is -0.437. The summed E-state index contributed by atoms with van der Waals surface area (Å²) in [5, 5.41) is 10.7. The van der Waals surface area contributed by atoms with E-state index >= 15 is 0 Å². The molecule has 0 atom stereocenters. The number of hydrogen-bond acceptors (Lipinski definition) is 4. The van der Waals surface area contributed by atoms with E-state index in [0.29, 0.717) is 0 Å². The van der Waals surface area contributed by atoms with E-state index < -0.39 is 59.2 Å². The Labute approximate surface area is 124 Å². The zero-order valence-electron chi connectivity index (χ0n) is 11.2. The highest BCUT2D eigenvalue weighted by Crippen LogP contribution is 2.69. The summed E-state index contributed by atoms with van der Waals surface area (Å²) in [4.78, 5) is 0. The topological polar surface area (TPSA) is 38.7 Å². The summed E-state index contributed by atoms with van der Waals surface area (Å²) in [5.74, 6) is -25.6. The molecule has 1 aliphatic carbocycles. The van der Waals surface area contributed by atoms with Crippen LogP contribution in [0.2, 0.25) is 0 Å². The molecule has 0 aliphatic heterocycles. The summed E-state index contributed by atoms with van der Waals surface area (Å²) in [6.07, 6.45) is -1.66. The number of hydrogen-bond donors (Lipinski definition) is 1. The van der Waals surface area contributed by atoms with Gasteiger partial charge in [0.05, 0.1) is 18.0 Å². The third-order valence-corrected chi connectivity index (χ3v) is 4.69. The van der Waals surface area contributed by atoms with Crippen molar-refractivity contribution in [1.82, 2.24) is 0 Å². The van der Waals surface area contributed by atoms with Crippen molar-refractivity contribution in [3.8, 4) is 0 Å². The second-order valence-corrected chi connectivity index (χ2v) is 6.11. The minimum atomic E-state index is -5.58. The van der Waals surface area contributed by atoms with Gasteiger partial charge in [-0.2, -0.15) is 35.1 Å². The molecule has 22 heavy (non-hydrogen) atoms. The van der Waals surface area contributed by atoms with Gasteiger partial charge in [0, 0.05) is 0 Å². The molecule has 0 aromatic carbocycles. The molecule has 0 amide bonds. The fraction of sp³-hybridized carbons (Fsp3) is 1.00. The van der Waals surface area contributed by atoms with Crippen LogP contribution in [-0.2, 0) is 9.37 Å². The molecule has 12 heteroatoms. The van der Waals surface area contributed by atoms with Gasteiger partial charge in [0.25, 0.3) is 0 Å². The van der Waals surface area contributed by atoms with Crippen molar-refractivity contribution in [1.29, 1.82) is 0 Å². The second kappa shape index (κ2) is 5.64. The molecule has 0 aromatic heterocycles. The fourth-order valence-corrected chi connectivity index (χ4v) is 2.99.